The summed E-state index contributed by atoms with van der Waals surface area (Å²) in [6.07, 6.45) is 1.62. The van der Waals surface area contributed by atoms with E-state index in [4.69, 9.17) is 0 Å². The Morgan fingerprint density at radius 2 is 2.08 bits per heavy atom. The molecule has 0 aliphatic carbocycles. The van der Waals surface area contributed by atoms with E-state index in [1.165, 1.54) is 30.0 Å². The molecule has 0 saturated carbocycles. The fourth-order valence-corrected chi connectivity index (χ4v) is 3.51. The molecule has 0 radical (unpaired) electrons. The van der Waals surface area contributed by atoms with Gasteiger partial charge in [-0.05, 0) is 35.9 Å². The van der Waals surface area contributed by atoms with Gasteiger partial charge in [-0.25, -0.2) is 4.39 Å². The van der Waals surface area contributed by atoms with E-state index in [9.17, 15) is 19.3 Å². The summed E-state index contributed by atoms with van der Waals surface area (Å²) < 4.78 is 13.4. The number of thioether (sulfide) groups is 1. The van der Waals surface area contributed by atoms with Gasteiger partial charge in [-0.15, -0.1) is 11.8 Å². The van der Waals surface area contributed by atoms with Gasteiger partial charge in [0.05, 0.1) is 4.92 Å². The molecule has 0 spiro atoms. The number of ketones is 1. The Kier molecular flexibility index (Phi) is 4.35. The minimum Gasteiger partial charge on any atom is -0.383 e. The molecule has 122 valence electrons. The third-order valence-corrected chi connectivity index (χ3v) is 4.81. The molecule has 24 heavy (non-hydrogen) atoms. The van der Waals surface area contributed by atoms with Crippen LogP contribution in [0.2, 0.25) is 0 Å². The third-order valence-electron chi connectivity index (χ3n) is 3.69. The second-order valence-corrected chi connectivity index (χ2v) is 6.23. The number of Topliss-reactive ketones (excluding diaryl/α,β-unsaturated/α-hetero) is 1. The molecule has 2 aromatic carbocycles. The Morgan fingerprint density at radius 1 is 1.29 bits per heavy atom. The first-order valence-electron chi connectivity index (χ1n) is 7.13. The van der Waals surface area contributed by atoms with Crippen molar-refractivity contribution in [3.63, 3.8) is 0 Å². The maximum atomic E-state index is 13.4. The van der Waals surface area contributed by atoms with Crippen molar-refractivity contribution in [1.82, 2.24) is 0 Å². The van der Waals surface area contributed by atoms with Gasteiger partial charge in [-0.2, -0.15) is 0 Å². The van der Waals surface area contributed by atoms with Crippen LogP contribution in [-0.4, -0.2) is 23.5 Å². The van der Waals surface area contributed by atoms with E-state index in [-0.39, 0.29) is 11.5 Å². The fraction of sp³-hybridized carbons (Fsp3) is 0.118. The summed E-state index contributed by atoms with van der Waals surface area (Å²) >= 11 is 1.44. The summed E-state index contributed by atoms with van der Waals surface area (Å²) in [6, 6.07) is 8.86. The molecule has 0 bridgehead atoms. The van der Waals surface area contributed by atoms with Crippen molar-refractivity contribution in [3.05, 3.63) is 69.0 Å². The lowest BCUT2D eigenvalue weighted by molar-refractivity contribution is -0.383. The van der Waals surface area contributed by atoms with E-state index >= 15 is 0 Å². The molecular weight excluding hydrogens is 331 g/mol. The zero-order valence-electron chi connectivity index (χ0n) is 12.7. The molecular formula is C17H13FN2O3S. The molecule has 1 aliphatic heterocycles. The van der Waals surface area contributed by atoms with Crippen LogP contribution in [0.3, 0.4) is 0 Å². The molecule has 3 rings (SSSR count). The minimum atomic E-state index is -0.476. The van der Waals surface area contributed by atoms with Crippen LogP contribution in [0, 0.1) is 15.9 Å². The Morgan fingerprint density at radius 3 is 2.79 bits per heavy atom. The van der Waals surface area contributed by atoms with Gasteiger partial charge < -0.3 is 5.32 Å². The van der Waals surface area contributed by atoms with Crippen molar-refractivity contribution in [2.75, 3.05) is 18.1 Å². The Hall–Kier alpha value is -2.67. The zero-order chi connectivity index (χ0) is 17.3. The van der Waals surface area contributed by atoms with E-state index in [1.807, 2.05) is 0 Å². The predicted octanol–water partition coefficient (Wildman–Crippen LogP) is 4.15. The fourth-order valence-electron chi connectivity index (χ4n) is 2.51. The van der Waals surface area contributed by atoms with Crippen LogP contribution >= 0.6 is 11.8 Å². The first kappa shape index (κ1) is 16.2. The molecule has 0 atom stereocenters. The van der Waals surface area contributed by atoms with Gasteiger partial charge in [-0.3, -0.25) is 14.9 Å². The summed E-state index contributed by atoms with van der Waals surface area (Å²) in [4.78, 5) is 23.9. The normalized spacial score (nSPS) is 15.2. The first-order valence-corrected chi connectivity index (χ1v) is 8.12. The van der Waals surface area contributed by atoms with Crippen molar-refractivity contribution in [3.8, 4) is 0 Å². The summed E-state index contributed by atoms with van der Waals surface area (Å²) in [5.41, 5.74) is 1.72. The van der Waals surface area contributed by atoms with Gasteiger partial charge in [0.1, 0.15) is 11.5 Å². The number of carbonyl (C=O) groups excluding carboxylic acids is 1. The van der Waals surface area contributed by atoms with Crippen LogP contribution in [0.15, 0.2) is 46.9 Å². The van der Waals surface area contributed by atoms with Gasteiger partial charge in [-0.1, -0.05) is 6.07 Å². The van der Waals surface area contributed by atoms with E-state index in [0.717, 1.165) is 4.90 Å². The highest BCUT2D eigenvalue weighted by Crippen LogP contribution is 2.34. The first-order chi connectivity index (χ1) is 11.5. The lowest BCUT2D eigenvalue weighted by Crippen LogP contribution is -2.12. The van der Waals surface area contributed by atoms with Crippen LogP contribution in [-0.2, 0) is 0 Å². The number of fused-ring (bicyclic) bond motifs is 1. The third kappa shape index (κ3) is 3.03. The van der Waals surface area contributed by atoms with Crippen molar-refractivity contribution >= 4 is 35.0 Å². The average molecular weight is 344 g/mol. The van der Waals surface area contributed by atoms with E-state index in [2.05, 4.69) is 5.32 Å². The molecule has 0 saturated heterocycles. The molecule has 0 amide bonds. The maximum absolute atomic E-state index is 13.4. The van der Waals surface area contributed by atoms with Gasteiger partial charge in [0.15, 0.2) is 5.78 Å². The molecule has 0 unspecified atom stereocenters. The highest BCUT2D eigenvalue weighted by Gasteiger charge is 2.23. The molecule has 5 nitrogen and oxygen atoms in total. The number of benzene rings is 2. The standard InChI is InChI=1S/C17H13FN2O3S/c1-19-14-4-2-10(7-15(14)20(22)23)6-11-9-24-16-5-3-12(18)8-13(16)17(11)21/h2-8,19H,9H2,1H3/b11-6-. The molecule has 0 fully saturated rings. The van der Waals surface area contributed by atoms with Crippen molar-refractivity contribution in [1.29, 1.82) is 0 Å². The summed E-state index contributed by atoms with van der Waals surface area (Å²) in [7, 11) is 1.60. The van der Waals surface area contributed by atoms with Gasteiger partial charge >= 0.3 is 0 Å². The second kappa shape index (κ2) is 6.45. The Balaban J connectivity index is 1.99. The van der Waals surface area contributed by atoms with Crippen LogP contribution in [0.5, 0.6) is 0 Å². The molecule has 1 heterocycles. The summed E-state index contributed by atoms with van der Waals surface area (Å²) in [5.74, 6) is -0.263. The predicted molar refractivity (Wildman–Crippen MR) is 92.1 cm³/mol. The number of anilines is 1. The second-order valence-electron chi connectivity index (χ2n) is 5.21. The van der Waals surface area contributed by atoms with Gasteiger partial charge in [0.2, 0.25) is 0 Å². The number of hydrogen-bond acceptors (Lipinski definition) is 5. The van der Waals surface area contributed by atoms with Gasteiger partial charge in [0, 0.05) is 34.9 Å². The number of carbonyl (C=O) groups is 1. The van der Waals surface area contributed by atoms with E-state index in [0.29, 0.717) is 28.1 Å². The number of nitrogens with zero attached hydrogens (tertiary/aromatic N) is 1. The molecule has 1 aliphatic rings. The molecule has 0 aromatic heterocycles. The monoisotopic (exact) mass is 344 g/mol. The molecule has 1 N–H and O–H groups in total. The van der Waals surface area contributed by atoms with Crippen LogP contribution in [0.1, 0.15) is 15.9 Å². The number of rotatable bonds is 3. The lowest BCUT2D eigenvalue weighted by atomic mass is 10.0. The van der Waals surface area contributed by atoms with E-state index < -0.39 is 10.7 Å². The maximum Gasteiger partial charge on any atom is 0.292 e. The molecule has 2 aromatic rings. The van der Waals surface area contributed by atoms with Crippen molar-refractivity contribution in [2.45, 2.75) is 4.90 Å². The number of nitrogens with one attached hydrogen (secondary N) is 1. The largest absolute Gasteiger partial charge is 0.383 e. The van der Waals surface area contributed by atoms with E-state index in [1.54, 1.807) is 31.3 Å². The van der Waals surface area contributed by atoms with Crippen LogP contribution < -0.4 is 5.32 Å². The number of nitro benzene ring substituents is 1. The number of hydrogen-bond donors (Lipinski definition) is 1. The van der Waals surface area contributed by atoms with Gasteiger partial charge in [0.25, 0.3) is 5.69 Å². The number of halogens is 1. The smallest absolute Gasteiger partial charge is 0.292 e. The number of nitro groups is 1. The highest BCUT2D eigenvalue weighted by atomic mass is 32.2. The Bertz CT molecular complexity index is 880. The van der Waals surface area contributed by atoms with Crippen LogP contribution in [0.25, 0.3) is 6.08 Å². The topological polar surface area (TPSA) is 72.2 Å². The summed E-state index contributed by atoms with van der Waals surface area (Å²) in [6.45, 7) is 0. The zero-order valence-corrected chi connectivity index (χ0v) is 13.5. The molecule has 7 heteroatoms. The minimum absolute atomic E-state index is 0.0609. The van der Waals surface area contributed by atoms with Crippen LogP contribution in [0.4, 0.5) is 15.8 Å². The quantitative estimate of drug-likeness (QED) is 0.514. The SMILES string of the molecule is CNc1ccc(/C=C2/CSc3ccc(F)cc3C2=O)cc1[N+](=O)[O-]. The van der Waals surface area contributed by atoms with Crippen molar-refractivity contribution < 1.29 is 14.1 Å². The Labute approximate surface area is 141 Å². The average Bonchev–Trinajstić information content (AvgIpc) is 2.57. The summed E-state index contributed by atoms with van der Waals surface area (Å²) in [5, 5.41) is 13.9. The highest BCUT2D eigenvalue weighted by molar-refractivity contribution is 7.99. The lowest BCUT2D eigenvalue weighted by Gasteiger charge is -2.17. The van der Waals surface area contributed by atoms with Crippen molar-refractivity contribution in [2.24, 2.45) is 0 Å².